The van der Waals surface area contributed by atoms with Crippen LogP contribution in [0.4, 0.5) is 0 Å². The molecule has 0 aromatic heterocycles. The van der Waals surface area contributed by atoms with Gasteiger partial charge < -0.3 is 0 Å². The monoisotopic (exact) mass is 135 g/mol. The van der Waals surface area contributed by atoms with Crippen LogP contribution in [0.15, 0.2) is 29.8 Å². The summed E-state index contributed by atoms with van der Waals surface area (Å²) in [7, 11) is 0. The number of rotatable bonds is 0. The van der Waals surface area contributed by atoms with E-state index < -0.39 is 0 Å². The van der Waals surface area contributed by atoms with E-state index in [1.807, 2.05) is 24.4 Å². The van der Waals surface area contributed by atoms with Crippen molar-refractivity contribution in [2.75, 3.05) is 0 Å². The predicted octanol–water partition coefficient (Wildman–Crippen LogP) is 2.25. The molecule has 2 aliphatic heterocycles. The van der Waals surface area contributed by atoms with E-state index in [-0.39, 0.29) is 0 Å². The second-order valence-electron chi connectivity index (χ2n) is 1.81. The van der Waals surface area contributed by atoms with E-state index in [1.54, 1.807) is 11.3 Å². The minimum absolute atomic E-state index is 1.10. The lowest BCUT2D eigenvalue weighted by Crippen LogP contribution is -1.67. The van der Waals surface area contributed by atoms with Crippen molar-refractivity contribution in [2.24, 2.45) is 0 Å². The Morgan fingerprint density at radius 3 is 3.22 bits per heavy atom. The lowest BCUT2D eigenvalue weighted by Gasteiger charge is -1.89. The third kappa shape index (κ3) is 0.715. The molecule has 2 heteroatoms. The zero-order valence-corrected chi connectivity index (χ0v) is 5.56. The van der Waals surface area contributed by atoms with Crippen LogP contribution in [-0.4, -0.2) is 4.98 Å². The molecule has 0 saturated heterocycles. The highest BCUT2D eigenvalue weighted by Crippen LogP contribution is 2.22. The highest BCUT2D eigenvalue weighted by atomic mass is 32.1. The summed E-state index contributed by atoms with van der Waals surface area (Å²) >= 11 is 1.72. The minimum Gasteiger partial charge on any atom is -0.255 e. The first-order chi connectivity index (χ1) is 4.47. The fraction of sp³-hybridized carbons (Fsp3) is 0. The quantitative estimate of drug-likeness (QED) is 0.540. The predicted molar refractivity (Wildman–Crippen MR) is 38.7 cm³/mol. The van der Waals surface area contributed by atoms with Crippen LogP contribution in [0.3, 0.4) is 0 Å². The van der Waals surface area contributed by atoms with Gasteiger partial charge in [0.15, 0.2) is 0 Å². The standard InChI is InChI=1S/C7H5NS/c1-2-6-7(9-5-1)3-4-8-6/h1-5H. The Morgan fingerprint density at radius 1 is 1.33 bits per heavy atom. The van der Waals surface area contributed by atoms with Crippen LogP contribution < -0.4 is 0 Å². The second-order valence-corrected chi connectivity index (χ2v) is 2.76. The summed E-state index contributed by atoms with van der Waals surface area (Å²) in [6.07, 6.45) is 1.83. The van der Waals surface area contributed by atoms with Crippen LogP contribution >= 0.6 is 11.3 Å². The van der Waals surface area contributed by atoms with Gasteiger partial charge >= 0.3 is 0 Å². The molecule has 44 valence electrons. The first kappa shape index (κ1) is 4.94. The number of fused-ring (bicyclic) bond motifs is 1. The summed E-state index contributed by atoms with van der Waals surface area (Å²) in [5.74, 6) is 0. The number of hydrogen-bond acceptors (Lipinski definition) is 2. The van der Waals surface area contributed by atoms with Crippen molar-refractivity contribution in [3.63, 3.8) is 0 Å². The highest BCUT2D eigenvalue weighted by molar-refractivity contribution is 7.13. The van der Waals surface area contributed by atoms with Crippen molar-refractivity contribution in [3.05, 3.63) is 29.8 Å². The molecule has 0 bridgehead atoms. The van der Waals surface area contributed by atoms with Gasteiger partial charge in [0.05, 0.1) is 10.6 Å². The maximum absolute atomic E-state index is 4.13. The maximum atomic E-state index is 4.13. The molecule has 0 radical (unpaired) electrons. The van der Waals surface area contributed by atoms with Crippen molar-refractivity contribution in [3.8, 4) is 10.6 Å². The Morgan fingerprint density at radius 2 is 2.33 bits per heavy atom. The fourth-order valence-electron chi connectivity index (χ4n) is 0.802. The van der Waals surface area contributed by atoms with Gasteiger partial charge in [0.1, 0.15) is 0 Å². The van der Waals surface area contributed by atoms with Gasteiger partial charge in [0.25, 0.3) is 0 Å². The Balaban J connectivity index is 2.79. The van der Waals surface area contributed by atoms with Gasteiger partial charge in [-0.1, -0.05) is 6.07 Å². The molecule has 9 heavy (non-hydrogen) atoms. The molecule has 0 fully saturated rings. The van der Waals surface area contributed by atoms with E-state index in [4.69, 9.17) is 0 Å². The fourth-order valence-corrected chi connectivity index (χ4v) is 1.49. The molecule has 1 nitrogen and oxygen atoms in total. The summed E-state index contributed by atoms with van der Waals surface area (Å²) in [4.78, 5) is 5.39. The van der Waals surface area contributed by atoms with E-state index in [0.717, 1.165) is 5.69 Å². The molecule has 2 heterocycles. The zero-order chi connectivity index (χ0) is 6.10. The smallest absolute Gasteiger partial charge is 0.0802 e. The minimum atomic E-state index is 1.10. The topological polar surface area (TPSA) is 12.9 Å². The van der Waals surface area contributed by atoms with E-state index >= 15 is 0 Å². The van der Waals surface area contributed by atoms with Crippen molar-refractivity contribution in [1.82, 2.24) is 4.98 Å². The van der Waals surface area contributed by atoms with Crippen LogP contribution in [0.2, 0.25) is 0 Å². The summed E-state index contributed by atoms with van der Waals surface area (Å²) < 4.78 is 0. The highest BCUT2D eigenvalue weighted by Gasteiger charge is 1.98. The largest absolute Gasteiger partial charge is 0.255 e. The van der Waals surface area contributed by atoms with E-state index in [0.29, 0.717) is 0 Å². The molecular formula is C7H5NS. The van der Waals surface area contributed by atoms with Gasteiger partial charge in [-0.05, 0) is 17.5 Å². The molecule has 0 amide bonds. The second kappa shape index (κ2) is 1.81. The Kier molecular flexibility index (Phi) is 0.993. The summed E-state index contributed by atoms with van der Waals surface area (Å²) in [5.41, 5.74) is 1.10. The van der Waals surface area contributed by atoms with E-state index in [9.17, 15) is 0 Å². The summed E-state index contributed by atoms with van der Waals surface area (Å²) in [5, 5.41) is 2.06. The van der Waals surface area contributed by atoms with E-state index in [2.05, 4.69) is 10.4 Å². The van der Waals surface area contributed by atoms with Crippen LogP contribution in [0.25, 0.3) is 10.6 Å². The molecule has 0 N–H and O–H groups in total. The number of hydrogen-bond donors (Lipinski definition) is 0. The normalized spacial score (nSPS) is 10.2. The van der Waals surface area contributed by atoms with Crippen LogP contribution in [0.1, 0.15) is 0 Å². The lowest BCUT2D eigenvalue weighted by molar-refractivity contribution is 1.42. The van der Waals surface area contributed by atoms with Gasteiger partial charge in [0, 0.05) is 6.20 Å². The maximum Gasteiger partial charge on any atom is 0.0802 e. The van der Waals surface area contributed by atoms with Gasteiger partial charge in [-0.3, -0.25) is 4.98 Å². The molecular weight excluding hydrogens is 130 g/mol. The number of aromatic nitrogens is 1. The van der Waals surface area contributed by atoms with Crippen molar-refractivity contribution >= 4 is 11.3 Å². The Hall–Kier alpha value is -0.890. The van der Waals surface area contributed by atoms with E-state index in [1.165, 1.54) is 4.88 Å². The van der Waals surface area contributed by atoms with Crippen molar-refractivity contribution in [2.45, 2.75) is 0 Å². The third-order valence-corrected chi connectivity index (χ3v) is 2.11. The van der Waals surface area contributed by atoms with Crippen molar-refractivity contribution < 1.29 is 0 Å². The first-order valence-electron chi connectivity index (χ1n) is 2.75. The molecule has 0 saturated carbocycles. The summed E-state index contributed by atoms with van der Waals surface area (Å²) in [6, 6.07) is 6.06. The molecule has 0 aromatic rings. The lowest BCUT2D eigenvalue weighted by atomic mass is 10.4. The number of nitrogens with zero attached hydrogens (tertiary/aromatic N) is 1. The van der Waals surface area contributed by atoms with Gasteiger partial charge in [-0.25, -0.2) is 0 Å². The van der Waals surface area contributed by atoms with Gasteiger partial charge in [-0.15, -0.1) is 11.3 Å². The van der Waals surface area contributed by atoms with Crippen LogP contribution in [0, 0.1) is 0 Å². The third-order valence-electron chi connectivity index (χ3n) is 1.22. The van der Waals surface area contributed by atoms with Gasteiger partial charge in [0.2, 0.25) is 0 Å². The molecule has 2 rings (SSSR count). The summed E-state index contributed by atoms with van der Waals surface area (Å²) in [6.45, 7) is 0. The van der Waals surface area contributed by atoms with Crippen LogP contribution in [-0.2, 0) is 0 Å². The molecule has 0 aliphatic carbocycles. The van der Waals surface area contributed by atoms with Gasteiger partial charge in [-0.2, -0.15) is 0 Å². The van der Waals surface area contributed by atoms with Crippen molar-refractivity contribution in [1.29, 1.82) is 0 Å². The molecule has 0 aromatic carbocycles. The molecule has 0 unspecified atom stereocenters. The zero-order valence-electron chi connectivity index (χ0n) is 4.74. The Bertz CT molecular complexity index is 249. The molecule has 2 aliphatic rings. The Labute approximate surface area is 57.3 Å². The SMILES string of the molecule is c1csc2ccnc-2c1. The van der Waals surface area contributed by atoms with Crippen LogP contribution in [0.5, 0.6) is 0 Å². The average Bonchev–Trinajstić information content (AvgIpc) is 2.33. The molecule has 0 atom stereocenters. The molecule has 0 spiro atoms. The average molecular weight is 135 g/mol. The first-order valence-corrected chi connectivity index (χ1v) is 3.63.